The van der Waals surface area contributed by atoms with Crippen LogP contribution in [0, 0.1) is 0 Å². The topological polar surface area (TPSA) is 105 Å². The average Bonchev–Trinajstić information content (AvgIpc) is 2.90. The number of hydrogen-bond donors (Lipinski definition) is 2. The van der Waals surface area contributed by atoms with Crippen LogP contribution in [0.15, 0.2) is 29.5 Å². The predicted molar refractivity (Wildman–Crippen MR) is 89.1 cm³/mol. The van der Waals surface area contributed by atoms with Gasteiger partial charge < -0.3 is 24.8 Å². The van der Waals surface area contributed by atoms with Crippen LogP contribution in [0.25, 0.3) is 0 Å². The summed E-state index contributed by atoms with van der Waals surface area (Å²) in [6.07, 6.45) is 0. The van der Waals surface area contributed by atoms with Gasteiger partial charge in [-0.25, -0.2) is 9.59 Å². The molecular formula is C16H17ClN2O6. The van der Waals surface area contributed by atoms with E-state index in [2.05, 4.69) is 5.32 Å². The molecule has 0 saturated carbocycles. The zero-order chi connectivity index (χ0) is 18.6. The van der Waals surface area contributed by atoms with Gasteiger partial charge in [-0.2, -0.15) is 0 Å². The van der Waals surface area contributed by atoms with Gasteiger partial charge in [-0.3, -0.25) is 4.79 Å². The van der Waals surface area contributed by atoms with Crippen LogP contribution in [-0.2, 0) is 19.1 Å². The molecule has 0 saturated heterocycles. The second kappa shape index (κ2) is 8.00. The highest BCUT2D eigenvalue weighted by Crippen LogP contribution is 2.27. The smallest absolute Gasteiger partial charge is 0.339 e. The fourth-order valence-corrected chi connectivity index (χ4v) is 2.56. The van der Waals surface area contributed by atoms with E-state index in [0.717, 1.165) is 0 Å². The van der Waals surface area contributed by atoms with Gasteiger partial charge in [-0.1, -0.05) is 11.6 Å². The Hall–Kier alpha value is -2.58. The summed E-state index contributed by atoms with van der Waals surface area (Å²) in [7, 11) is 2.43. The minimum atomic E-state index is -0.682. The van der Waals surface area contributed by atoms with Crippen molar-refractivity contribution in [2.75, 3.05) is 39.2 Å². The Kier molecular flexibility index (Phi) is 6.00. The number of methoxy groups -OCH3 is 2. The number of benzene rings is 1. The molecule has 9 heteroatoms. The Bertz CT molecular complexity index is 746. The molecule has 0 fully saturated rings. The maximum Gasteiger partial charge on any atom is 0.339 e. The molecule has 1 aliphatic heterocycles. The van der Waals surface area contributed by atoms with Crippen molar-refractivity contribution >= 4 is 35.1 Å². The minimum absolute atomic E-state index is 0.0114. The fraction of sp³-hybridized carbons (Fsp3) is 0.312. The first-order chi connectivity index (χ1) is 11.9. The van der Waals surface area contributed by atoms with Crippen LogP contribution in [-0.4, -0.2) is 61.8 Å². The number of amides is 1. The van der Waals surface area contributed by atoms with Crippen molar-refractivity contribution in [1.82, 2.24) is 4.90 Å². The fourth-order valence-electron chi connectivity index (χ4n) is 2.39. The Morgan fingerprint density at radius 2 is 1.96 bits per heavy atom. The number of aliphatic hydroxyl groups is 1. The molecule has 0 bridgehead atoms. The van der Waals surface area contributed by atoms with Gasteiger partial charge in [0, 0.05) is 11.6 Å². The van der Waals surface area contributed by atoms with E-state index in [-0.39, 0.29) is 42.2 Å². The van der Waals surface area contributed by atoms with E-state index in [4.69, 9.17) is 26.2 Å². The number of rotatable bonds is 6. The van der Waals surface area contributed by atoms with E-state index in [9.17, 15) is 14.4 Å². The normalized spacial score (nSPS) is 13.9. The molecule has 2 rings (SSSR count). The number of ether oxygens (including phenoxy) is 2. The van der Waals surface area contributed by atoms with Crippen molar-refractivity contribution in [2.24, 2.45) is 0 Å². The molecule has 1 aliphatic rings. The molecule has 1 amide bonds. The zero-order valence-electron chi connectivity index (χ0n) is 13.7. The largest absolute Gasteiger partial charge is 0.466 e. The van der Waals surface area contributed by atoms with E-state index in [1.54, 1.807) is 0 Å². The summed E-state index contributed by atoms with van der Waals surface area (Å²) in [6.45, 7) is -0.204. The van der Waals surface area contributed by atoms with Gasteiger partial charge in [0.1, 0.15) is 5.70 Å². The summed E-state index contributed by atoms with van der Waals surface area (Å²) in [5.74, 6) is -1.81. The van der Waals surface area contributed by atoms with E-state index in [1.807, 2.05) is 0 Å². The van der Waals surface area contributed by atoms with Gasteiger partial charge in [0.15, 0.2) is 0 Å². The maximum absolute atomic E-state index is 12.5. The number of halogens is 1. The second-order valence-corrected chi connectivity index (χ2v) is 5.54. The SMILES string of the molecule is COC(=O)C1=C(Nc2cc(Cl)ccc2C(=O)OC)C(=O)N(CCO)C1. The number of anilines is 1. The van der Waals surface area contributed by atoms with Crippen LogP contribution < -0.4 is 5.32 Å². The molecule has 2 N–H and O–H groups in total. The molecule has 8 nitrogen and oxygen atoms in total. The zero-order valence-corrected chi connectivity index (χ0v) is 14.4. The number of carbonyl (C=O) groups excluding carboxylic acids is 3. The van der Waals surface area contributed by atoms with Crippen molar-refractivity contribution in [1.29, 1.82) is 0 Å². The third kappa shape index (κ3) is 3.92. The Labute approximate surface area is 149 Å². The summed E-state index contributed by atoms with van der Waals surface area (Å²) in [4.78, 5) is 37.7. The number of carbonyl (C=O) groups is 3. The second-order valence-electron chi connectivity index (χ2n) is 5.10. The first-order valence-electron chi connectivity index (χ1n) is 7.29. The van der Waals surface area contributed by atoms with Gasteiger partial charge in [-0.15, -0.1) is 0 Å². The Morgan fingerprint density at radius 1 is 1.28 bits per heavy atom. The Balaban J connectivity index is 2.45. The third-order valence-corrected chi connectivity index (χ3v) is 3.84. The highest BCUT2D eigenvalue weighted by Gasteiger charge is 2.35. The quantitative estimate of drug-likeness (QED) is 0.715. The van der Waals surface area contributed by atoms with Gasteiger partial charge in [-0.05, 0) is 18.2 Å². The lowest BCUT2D eigenvalue weighted by atomic mass is 10.1. The van der Waals surface area contributed by atoms with E-state index in [0.29, 0.717) is 5.02 Å². The minimum Gasteiger partial charge on any atom is -0.466 e. The van der Waals surface area contributed by atoms with Gasteiger partial charge in [0.05, 0.1) is 44.2 Å². The molecular weight excluding hydrogens is 352 g/mol. The lowest BCUT2D eigenvalue weighted by Gasteiger charge is -2.16. The van der Waals surface area contributed by atoms with Crippen LogP contribution >= 0.6 is 11.6 Å². The molecule has 1 aromatic carbocycles. The summed E-state index contributed by atoms with van der Waals surface area (Å²) in [6, 6.07) is 4.39. The maximum atomic E-state index is 12.5. The summed E-state index contributed by atoms with van der Waals surface area (Å²) < 4.78 is 9.41. The van der Waals surface area contributed by atoms with Crippen LogP contribution in [0.2, 0.25) is 5.02 Å². The number of nitrogens with one attached hydrogen (secondary N) is 1. The summed E-state index contributed by atoms with van der Waals surface area (Å²) >= 11 is 5.96. The number of β-amino-alcohol motifs (C(OH)–C–C–N with tert-alkyl or cyclic N) is 1. The van der Waals surface area contributed by atoms with Crippen molar-refractivity contribution < 1.29 is 29.0 Å². The standard InChI is InChI=1S/C16H17ClN2O6/c1-24-15(22)10-4-3-9(17)7-12(10)18-13-11(16(23)25-2)8-19(5-6-20)14(13)21/h3-4,7,18,20H,5-6,8H2,1-2H3. The van der Waals surface area contributed by atoms with Crippen LogP contribution in [0.5, 0.6) is 0 Å². The van der Waals surface area contributed by atoms with Crippen LogP contribution in [0.3, 0.4) is 0 Å². The molecule has 1 heterocycles. The molecule has 0 aliphatic carbocycles. The lowest BCUT2D eigenvalue weighted by Crippen LogP contribution is -2.31. The number of esters is 2. The van der Waals surface area contributed by atoms with E-state index < -0.39 is 17.8 Å². The first-order valence-corrected chi connectivity index (χ1v) is 7.67. The molecule has 1 aromatic rings. The molecule has 0 spiro atoms. The van der Waals surface area contributed by atoms with E-state index in [1.165, 1.54) is 37.3 Å². The van der Waals surface area contributed by atoms with Crippen molar-refractivity contribution in [3.63, 3.8) is 0 Å². The first kappa shape index (κ1) is 18.8. The van der Waals surface area contributed by atoms with Crippen molar-refractivity contribution in [3.8, 4) is 0 Å². The summed E-state index contributed by atoms with van der Waals surface area (Å²) in [5, 5.41) is 12.2. The average molecular weight is 369 g/mol. The third-order valence-electron chi connectivity index (χ3n) is 3.60. The van der Waals surface area contributed by atoms with Crippen LogP contribution in [0.1, 0.15) is 10.4 Å². The molecule has 0 unspecified atom stereocenters. The summed E-state index contributed by atoms with van der Waals surface area (Å²) in [5.41, 5.74) is 0.427. The number of nitrogens with zero attached hydrogens (tertiary/aromatic N) is 1. The molecule has 0 atom stereocenters. The molecule has 25 heavy (non-hydrogen) atoms. The van der Waals surface area contributed by atoms with Crippen LogP contribution in [0.4, 0.5) is 5.69 Å². The van der Waals surface area contributed by atoms with Crippen molar-refractivity contribution in [2.45, 2.75) is 0 Å². The monoisotopic (exact) mass is 368 g/mol. The Morgan fingerprint density at radius 3 is 2.56 bits per heavy atom. The molecule has 134 valence electrons. The van der Waals surface area contributed by atoms with Gasteiger partial charge in [0.2, 0.25) is 0 Å². The highest BCUT2D eigenvalue weighted by atomic mass is 35.5. The molecule has 0 aromatic heterocycles. The number of aliphatic hydroxyl groups excluding tert-OH is 1. The van der Waals surface area contributed by atoms with Crippen molar-refractivity contribution in [3.05, 3.63) is 40.1 Å². The highest BCUT2D eigenvalue weighted by molar-refractivity contribution is 6.31. The van der Waals surface area contributed by atoms with Gasteiger partial charge in [0.25, 0.3) is 5.91 Å². The molecule has 0 radical (unpaired) electrons. The lowest BCUT2D eigenvalue weighted by molar-refractivity contribution is -0.136. The van der Waals surface area contributed by atoms with Gasteiger partial charge >= 0.3 is 11.9 Å². The number of hydrogen-bond acceptors (Lipinski definition) is 7. The predicted octanol–water partition coefficient (Wildman–Crippen LogP) is 0.800. The van der Waals surface area contributed by atoms with E-state index >= 15 is 0 Å².